The molecule has 3 aromatic carbocycles. The van der Waals surface area contributed by atoms with Gasteiger partial charge < -0.3 is 14.5 Å². The monoisotopic (exact) mass is 457 g/mol. The van der Waals surface area contributed by atoms with Crippen molar-refractivity contribution in [2.75, 3.05) is 5.32 Å². The second-order valence-electron chi connectivity index (χ2n) is 7.54. The number of fused-ring (bicyclic) bond motifs is 1. The first kappa shape index (κ1) is 20.8. The molecular weight excluding hydrogens is 438 g/mol. The third-order valence-corrected chi connectivity index (χ3v) is 5.41. The van der Waals surface area contributed by atoms with Crippen LogP contribution in [-0.4, -0.2) is 15.7 Å². The lowest BCUT2D eigenvalue weighted by Crippen LogP contribution is -2.10. The number of furan rings is 1. The van der Waals surface area contributed by atoms with Crippen LogP contribution in [0, 0.1) is 0 Å². The second-order valence-corrected chi connectivity index (χ2v) is 7.98. The first-order chi connectivity index (χ1) is 16.1. The minimum atomic E-state index is -0.350. The van der Waals surface area contributed by atoms with Gasteiger partial charge in [-0.15, -0.1) is 0 Å². The van der Waals surface area contributed by atoms with Crippen LogP contribution in [0.5, 0.6) is 5.75 Å². The standard InChI is InChI=1S/C26H20ClN3O3/c27-20-10-8-18(9-11-20)15-30-16-21(14-28-30)29-26(31)25-13-12-22(33-25)17-32-24-7-3-5-19-4-1-2-6-23(19)24/h1-14,16H,15,17H2,(H,29,31). The lowest BCUT2D eigenvalue weighted by Gasteiger charge is -2.07. The number of nitrogens with one attached hydrogen (secondary N) is 1. The van der Waals surface area contributed by atoms with Crippen LogP contribution in [0.4, 0.5) is 5.69 Å². The molecule has 2 aromatic heterocycles. The van der Waals surface area contributed by atoms with E-state index in [9.17, 15) is 4.79 Å². The van der Waals surface area contributed by atoms with E-state index in [1.165, 1.54) is 0 Å². The Hall–Kier alpha value is -4.03. The van der Waals surface area contributed by atoms with Crippen molar-refractivity contribution in [3.8, 4) is 5.75 Å². The Bertz CT molecular complexity index is 1400. The summed E-state index contributed by atoms with van der Waals surface area (Å²) in [6.45, 7) is 0.795. The summed E-state index contributed by atoms with van der Waals surface area (Å²) in [5.41, 5.74) is 1.64. The van der Waals surface area contributed by atoms with E-state index in [0.717, 1.165) is 22.1 Å². The number of carbonyl (C=O) groups excluding carboxylic acids is 1. The van der Waals surface area contributed by atoms with Gasteiger partial charge in [0.1, 0.15) is 18.1 Å². The highest BCUT2D eigenvalue weighted by Gasteiger charge is 2.13. The van der Waals surface area contributed by atoms with Crippen molar-refractivity contribution in [3.05, 3.63) is 113 Å². The number of halogens is 1. The third kappa shape index (κ3) is 4.91. The number of hydrogen-bond donors (Lipinski definition) is 1. The highest BCUT2D eigenvalue weighted by Crippen LogP contribution is 2.26. The smallest absolute Gasteiger partial charge is 0.291 e. The van der Waals surface area contributed by atoms with E-state index in [1.807, 2.05) is 66.7 Å². The molecule has 0 atom stereocenters. The summed E-state index contributed by atoms with van der Waals surface area (Å²) in [5.74, 6) is 1.18. The Morgan fingerprint density at radius 2 is 1.82 bits per heavy atom. The highest BCUT2D eigenvalue weighted by atomic mass is 35.5. The van der Waals surface area contributed by atoms with E-state index in [2.05, 4.69) is 10.4 Å². The second kappa shape index (κ2) is 9.22. The molecule has 164 valence electrons. The molecule has 0 aliphatic rings. The van der Waals surface area contributed by atoms with Crippen molar-refractivity contribution in [3.63, 3.8) is 0 Å². The third-order valence-electron chi connectivity index (χ3n) is 5.15. The Morgan fingerprint density at radius 1 is 1.00 bits per heavy atom. The molecule has 1 amide bonds. The summed E-state index contributed by atoms with van der Waals surface area (Å²) in [4.78, 5) is 12.6. The molecule has 33 heavy (non-hydrogen) atoms. The number of anilines is 1. The molecule has 6 nitrogen and oxygen atoms in total. The number of benzene rings is 3. The molecule has 1 N–H and O–H groups in total. The Labute approximate surface area is 195 Å². The van der Waals surface area contributed by atoms with Crippen LogP contribution < -0.4 is 10.1 Å². The zero-order valence-corrected chi connectivity index (χ0v) is 18.3. The molecule has 2 heterocycles. The molecule has 5 aromatic rings. The number of carbonyl (C=O) groups is 1. The molecule has 0 radical (unpaired) electrons. The van der Waals surface area contributed by atoms with Gasteiger partial charge in [-0.1, -0.05) is 60.1 Å². The predicted octanol–water partition coefficient (Wildman–Crippen LogP) is 6.16. The van der Waals surface area contributed by atoms with Crippen molar-refractivity contribution in [1.82, 2.24) is 9.78 Å². The van der Waals surface area contributed by atoms with Crippen molar-refractivity contribution >= 4 is 34.0 Å². The summed E-state index contributed by atoms with van der Waals surface area (Å²) in [7, 11) is 0. The number of ether oxygens (including phenoxy) is 1. The normalized spacial score (nSPS) is 10.9. The van der Waals surface area contributed by atoms with Gasteiger partial charge in [-0.05, 0) is 41.3 Å². The number of nitrogens with zero attached hydrogens (tertiary/aromatic N) is 2. The van der Waals surface area contributed by atoms with Crippen LogP contribution in [0.15, 0.2) is 95.7 Å². The molecule has 0 saturated heterocycles. The lowest BCUT2D eigenvalue weighted by molar-refractivity contribution is 0.0992. The van der Waals surface area contributed by atoms with Gasteiger partial charge in [0, 0.05) is 16.6 Å². The largest absolute Gasteiger partial charge is 0.485 e. The fourth-order valence-electron chi connectivity index (χ4n) is 3.53. The van der Waals surface area contributed by atoms with Crippen LogP contribution in [0.1, 0.15) is 21.9 Å². The Balaban J connectivity index is 1.20. The maximum atomic E-state index is 12.6. The average Bonchev–Trinajstić information content (AvgIpc) is 3.49. The van der Waals surface area contributed by atoms with Gasteiger partial charge in [0.15, 0.2) is 5.76 Å². The van der Waals surface area contributed by atoms with E-state index in [0.29, 0.717) is 23.0 Å². The minimum Gasteiger partial charge on any atom is -0.485 e. The van der Waals surface area contributed by atoms with Gasteiger partial charge in [0.2, 0.25) is 0 Å². The molecule has 0 aliphatic carbocycles. The van der Waals surface area contributed by atoms with Crippen LogP contribution in [0.3, 0.4) is 0 Å². The molecule has 7 heteroatoms. The molecule has 0 unspecified atom stereocenters. The fraction of sp³-hybridized carbons (Fsp3) is 0.0769. The van der Waals surface area contributed by atoms with Crippen molar-refractivity contribution in [2.24, 2.45) is 0 Å². The number of aromatic nitrogens is 2. The van der Waals surface area contributed by atoms with E-state index in [4.69, 9.17) is 20.8 Å². The number of amides is 1. The van der Waals surface area contributed by atoms with Crippen LogP contribution in [-0.2, 0) is 13.2 Å². The summed E-state index contributed by atoms with van der Waals surface area (Å²) < 4.78 is 13.4. The molecule has 0 bridgehead atoms. The maximum Gasteiger partial charge on any atom is 0.291 e. The van der Waals surface area contributed by atoms with E-state index >= 15 is 0 Å². The summed E-state index contributed by atoms with van der Waals surface area (Å²) in [6.07, 6.45) is 3.36. The Morgan fingerprint density at radius 3 is 2.70 bits per heavy atom. The Kier molecular flexibility index (Phi) is 5.83. The summed E-state index contributed by atoms with van der Waals surface area (Å²) >= 11 is 5.92. The van der Waals surface area contributed by atoms with E-state index in [1.54, 1.807) is 29.2 Å². The lowest BCUT2D eigenvalue weighted by atomic mass is 10.1. The van der Waals surface area contributed by atoms with Crippen LogP contribution in [0.25, 0.3) is 10.8 Å². The topological polar surface area (TPSA) is 69.3 Å². The van der Waals surface area contributed by atoms with E-state index < -0.39 is 0 Å². The molecule has 5 rings (SSSR count). The average molecular weight is 458 g/mol. The summed E-state index contributed by atoms with van der Waals surface area (Å²) in [6, 6.07) is 24.8. The van der Waals surface area contributed by atoms with Gasteiger partial charge >= 0.3 is 0 Å². The highest BCUT2D eigenvalue weighted by molar-refractivity contribution is 6.30. The van der Waals surface area contributed by atoms with Crippen LogP contribution >= 0.6 is 11.6 Å². The zero-order valence-electron chi connectivity index (χ0n) is 17.6. The van der Waals surface area contributed by atoms with E-state index in [-0.39, 0.29) is 18.3 Å². The van der Waals surface area contributed by atoms with Gasteiger partial charge in [-0.25, -0.2) is 0 Å². The number of rotatable bonds is 7. The van der Waals surface area contributed by atoms with Gasteiger partial charge in [-0.2, -0.15) is 5.10 Å². The summed E-state index contributed by atoms with van der Waals surface area (Å²) in [5, 5.41) is 9.92. The molecule has 0 aliphatic heterocycles. The molecule has 0 saturated carbocycles. The van der Waals surface area contributed by atoms with Crippen LogP contribution in [0.2, 0.25) is 5.02 Å². The quantitative estimate of drug-likeness (QED) is 0.317. The molecule has 0 fully saturated rings. The van der Waals surface area contributed by atoms with Crippen molar-refractivity contribution in [2.45, 2.75) is 13.2 Å². The molecule has 0 spiro atoms. The van der Waals surface area contributed by atoms with Gasteiger partial charge in [-0.3, -0.25) is 9.48 Å². The first-order valence-electron chi connectivity index (χ1n) is 10.4. The molecular formula is C26H20ClN3O3. The zero-order chi connectivity index (χ0) is 22.6. The number of hydrogen-bond acceptors (Lipinski definition) is 4. The van der Waals surface area contributed by atoms with Crippen molar-refractivity contribution in [1.29, 1.82) is 0 Å². The van der Waals surface area contributed by atoms with Gasteiger partial charge in [0.05, 0.1) is 18.4 Å². The first-order valence-corrected chi connectivity index (χ1v) is 10.8. The SMILES string of the molecule is O=C(Nc1cnn(Cc2ccc(Cl)cc2)c1)c1ccc(COc2cccc3ccccc23)o1. The minimum absolute atomic E-state index is 0.206. The van der Waals surface area contributed by atoms with Gasteiger partial charge in [0.25, 0.3) is 5.91 Å². The van der Waals surface area contributed by atoms with Crippen molar-refractivity contribution < 1.29 is 13.9 Å². The maximum absolute atomic E-state index is 12.6. The fourth-order valence-corrected chi connectivity index (χ4v) is 3.66. The predicted molar refractivity (Wildman–Crippen MR) is 128 cm³/mol.